The van der Waals surface area contributed by atoms with Gasteiger partial charge in [-0.05, 0) is 37.8 Å². The van der Waals surface area contributed by atoms with E-state index in [0.717, 1.165) is 60.2 Å². The second kappa shape index (κ2) is 6.05. The highest BCUT2D eigenvalue weighted by Crippen LogP contribution is 2.44. The van der Waals surface area contributed by atoms with Gasteiger partial charge in [0.05, 0.1) is 28.5 Å². The molecule has 29 heavy (non-hydrogen) atoms. The normalized spacial score (nSPS) is 24.8. The molecule has 2 bridgehead atoms. The van der Waals surface area contributed by atoms with Gasteiger partial charge in [0.2, 0.25) is 0 Å². The van der Waals surface area contributed by atoms with Crippen LogP contribution in [0.3, 0.4) is 0 Å². The van der Waals surface area contributed by atoms with Gasteiger partial charge < -0.3 is 9.88 Å². The number of rotatable bonds is 2. The van der Waals surface area contributed by atoms with E-state index < -0.39 is 0 Å². The molecule has 1 N–H and O–H groups in total. The van der Waals surface area contributed by atoms with Crippen LogP contribution in [-0.4, -0.2) is 31.6 Å². The van der Waals surface area contributed by atoms with E-state index in [1.54, 1.807) is 12.4 Å². The monoisotopic (exact) mass is 384 g/mol. The van der Waals surface area contributed by atoms with Crippen molar-refractivity contribution in [1.82, 2.24) is 19.5 Å². The van der Waals surface area contributed by atoms with E-state index >= 15 is 0 Å². The van der Waals surface area contributed by atoms with Gasteiger partial charge in [-0.2, -0.15) is 5.26 Å². The van der Waals surface area contributed by atoms with Crippen LogP contribution in [0.15, 0.2) is 35.4 Å². The second-order valence-corrected chi connectivity index (χ2v) is 8.19. The molecule has 2 aliphatic heterocycles. The summed E-state index contributed by atoms with van der Waals surface area (Å²) in [5, 5.41) is 9.51. The van der Waals surface area contributed by atoms with Crippen LogP contribution in [0, 0.1) is 11.3 Å². The van der Waals surface area contributed by atoms with Crippen LogP contribution in [0.25, 0.3) is 17.1 Å². The standard InChI is InChI=1S/C22H20N6O/c23-11-13-3-2-8-24-21(13)27-14-6-7-15(27)10-16(9-14)28-20-17-4-1-5-18(17)25-12-19(20)26-22(28)29/h1-4,8,12,14-16H,5-7,9-10H2,(H,26,29)/t14-,15+,16?. The Balaban J connectivity index is 1.42. The molecule has 0 spiro atoms. The Morgan fingerprint density at radius 1 is 1.17 bits per heavy atom. The molecule has 2 fully saturated rings. The highest BCUT2D eigenvalue weighted by Gasteiger charge is 2.43. The fourth-order valence-corrected chi connectivity index (χ4v) is 5.55. The van der Waals surface area contributed by atoms with Gasteiger partial charge in [0.1, 0.15) is 11.9 Å². The zero-order valence-corrected chi connectivity index (χ0v) is 15.9. The molecule has 2 saturated heterocycles. The van der Waals surface area contributed by atoms with Gasteiger partial charge in [-0.25, -0.2) is 9.78 Å². The maximum atomic E-state index is 12.9. The Kier molecular flexibility index (Phi) is 3.45. The van der Waals surface area contributed by atoms with E-state index in [9.17, 15) is 10.1 Å². The van der Waals surface area contributed by atoms with Gasteiger partial charge in [0, 0.05) is 36.3 Å². The number of hydrogen-bond donors (Lipinski definition) is 1. The number of pyridine rings is 2. The average Bonchev–Trinajstić information content (AvgIpc) is 3.41. The second-order valence-electron chi connectivity index (χ2n) is 8.19. The number of aromatic nitrogens is 4. The van der Waals surface area contributed by atoms with Crippen molar-refractivity contribution in [2.24, 2.45) is 0 Å². The first-order valence-electron chi connectivity index (χ1n) is 10.2. The molecule has 0 radical (unpaired) electrons. The highest BCUT2D eigenvalue weighted by atomic mass is 16.1. The lowest BCUT2D eigenvalue weighted by Gasteiger charge is -2.40. The Bertz CT molecular complexity index is 1250. The van der Waals surface area contributed by atoms with Crippen molar-refractivity contribution >= 4 is 22.9 Å². The molecule has 7 nitrogen and oxygen atoms in total. The third kappa shape index (κ3) is 2.32. The molecule has 1 aliphatic carbocycles. The van der Waals surface area contributed by atoms with Gasteiger partial charge >= 0.3 is 5.69 Å². The lowest BCUT2D eigenvalue weighted by molar-refractivity contribution is 0.335. The van der Waals surface area contributed by atoms with Crippen LogP contribution in [0.4, 0.5) is 5.82 Å². The maximum Gasteiger partial charge on any atom is 0.326 e. The number of aromatic amines is 1. The first-order valence-corrected chi connectivity index (χ1v) is 10.2. The predicted molar refractivity (Wildman–Crippen MR) is 110 cm³/mol. The summed E-state index contributed by atoms with van der Waals surface area (Å²) in [7, 11) is 0. The zero-order chi connectivity index (χ0) is 19.5. The molecular formula is C22H20N6O. The molecule has 7 heteroatoms. The third-order valence-corrected chi connectivity index (χ3v) is 6.69. The number of allylic oxidation sites excluding steroid dienone is 1. The molecule has 5 heterocycles. The van der Waals surface area contributed by atoms with Crippen LogP contribution in [0.5, 0.6) is 0 Å². The van der Waals surface area contributed by atoms with Crippen molar-refractivity contribution in [3.8, 4) is 6.07 Å². The average molecular weight is 384 g/mol. The molecule has 0 aromatic carbocycles. The molecule has 144 valence electrons. The number of nitriles is 1. The van der Waals surface area contributed by atoms with Crippen molar-refractivity contribution in [1.29, 1.82) is 5.26 Å². The minimum Gasteiger partial charge on any atom is -0.349 e. The number of nitrogens with one attached hydrogen (secondary N) is 1. The van der Waals surface area contributed by atoms with Gasteiger partial charge in [-0.3, -0.25) is 9.55 Å². The molecule has 0 saturated carbocycles. The summed E-state index contributed by atoms with van der Waals surface area (Å²) in [6.45, 7) is 0. The van der Waals surface area contributed by atoms with E-state index in [2.05, 4.69) is 38.1 Å². The van der Waals surface area contributed by atoms with Gasteiger partial charge in [0.15, 0.2) is 0 Å². The van der Waals surface area contributed by atoms with Crippen molar-refractivity contribution in [2.75, 3.05) is 4.90 Å². The molecular weight excluding hydrogens is 364 g/mol. The zero-order valence-electron chi connectivity index (χ0n) is 15.9. The predicted octanol–water partition coefficient (Wildman–Crippen LogP) is 2.93. The van der Waals surface area contributed by atoms with Crippen LogP contribution in [-0.2, 0) is 6.42 Å². The molecule has 6 rings (SSSR count). The summed E-state index contributed by atoms with van der Waals surface area (Å²) in [4.78, 5) is 27.3. The van der Waals surface area contributed by atoms with Crippen LogP contribution in [0.2, 0.25) is 0 Å². The lowest BCUT2D eigenvalue weighted by Crippen LogP contribution is -2.45. The van der Waals surface area contributed by atoms with Crippen LogP contribution < -0.4 is 10.6 Å². The molecule has 0 amide bonds. The van der Waals surface area contributed by atoms with E-state index in [0.29, 0.717) is 17.6 Å². The number of piperidine rings is 1. The summed E-state index contributed by atoms with van der Waals surface area (Å²) in [5.74, 6) is 0.792. The minimum absolute atomic E-state index is 0.0519. The maximum absolute atomic E-state index is 12.9. The number of imidazole rings is 1. The van der Waals surface area contributed by atoms with Crippen LogP contribution >= 0.6 is 0 Å². The van der Waals surface area contributed by atoms with E-state index in [4.69, 9.17) is 0 Å². The van der Waals surface area contributed by atoms with E-state index in [-0.39, 0.29) is 11.7 Å². The molecule has 3 aromatic heterocycles. The van der Waals surface area contributed by atoms with E-state index in [1.165, 1.54) is 0 Å². The summed E-state index contributed by atoms with van der Waals surface area (Å²) in [6, 6.07) is 6.65. The largest absolute Gasteiger partial charge is 0.349 e. The molecule has 3 atom stereocenters. The SMILES string of the molecule is N#Cc1cccnc1N1[C@@H]2CC[C@H]1CC(n1c(=O)[nH]c3cnc4c(c31)C=CC4)C2. The number of anilines is 1. The number of nitrogens with zero attached hydrogens (tertiary/aromatic N) is 5. The topological polar surface area (TPSA) is 90.6 Å². The highest BCUT2D eigenvalue weighted by molar-refractivity contribution is 5.87. The Hall–Kier alpha value is -3.40. The van der Waals surface area contributed by atoms with Crippen molar-refractivity contribution in [3.63, 3.8) is 0 Å². The quantitative estimate of drug-likeness (QED) is 0.734. The number of fused-ring (bicyclic) bond motifs is 5. The van der Waals surface area contributed by atoms with Gasteiger partial charge in [-0.15, -0.1) is 0 Å². The third-order valence-electron chi connectivity index (χ3n) is 6.69. The van der Waals surface area contributed by atoms with Crippen molar-refractivity contribution in [2.45, 2.75) is 50.2 Å². The van der Waals surface area contributed by atoms with Gasteiger partial charge in [-0.1, -0.05) is 12.2 Å². The van der Waals surface area contributed by atoms with Gasteiger partial charge in [0.25, 0.3) is 0 Å². The summed E-state index contributed by atoms with van der Waals surface area (Å²) >= 11 is 0. The summed E-state index contributed by atoms with van der Waals surface area (Å²) in [5.41, 5.74) is 4.49. The molecule has 1 unspecified atom stereocenters. The summed E-state index contributed by atoms with van der Waals surface area (Å²) < 4.78 is 1.97. The first kappa shape index (κ1) is 16.5. The summed E-state index contributed by atoms with van der Waals surface area (Å²) in [6.07, 6.45) is 12.5. The number of hydrogen-bond acceptors (Lipinski definition) is 5. The molecule has 3 aliphatic rings. The van der Waals surface area contributed by atoms with Crippen molar-refractivity contribution in [3.05, 3.63) is 57.9 Å². The lowest BCUT2D eigenvalue weighted by atomic mass is 9.96. The number of H-pyrrole nitrogens is 1. The smallest absolute Gasteiger partial charge is 0.326 e. The first-order chi connectivity index (χ1) is 14.2. The molecule has 3 aromatic rings. The Morgan fingerprint density at radius 3 is 2.79 bits per heavy atom. The van der Waals surface area contributed by atoms with E-state index in [1.807, 2.05) is 16.7 Å². The fourth-order valence-electron chi connectivity index (χ4n) is 5.55. The Morgan fingerprint density at radius 2 is 2.00 bits per heavy atom. The fraction of sp³-hybridized carbons (Fsp3) is 0.364. The van der Waals surface area contributed by atoms with Crippen LogP contribution in [0.1, 0.15) is 48.5 Å². The minimum atomic E-state index is -0.0519. The van der Waals surface area contributed by atoms with Crippen molar-refractivity contribution < 1.29 is 0 Å². The Labute approximate surface area is 167 Å².